The van der Waals surface area contributed by atoms with E-state index >= 15 is 0 Å². The second-order valence-corrected chi connectivity index (χ2v) is 6.90. The smallest absolute Gasteiger partial charge is 0.872 e. The van der Waals surface area contributed by atoms with Crippen LogP contribution in [0.25, 0.3) is 0 Å². The van der Waals surface area contributed by atoms with Crippen LogP contribution < -0.4 is 10.2 Å². The van der Waals surface area contributed by atoms with E-state index in [1.54, 1.807) is 0 Å². The Morgan fingerprint density at radius 1 is 0.615 bits per heavy atom. The van der Waals surface area contributed by atoms with Crippen molar-refractivity contribution in [3.05, 3.63) is 58.7 Å². The molecule has 3 heteroatoms. The Balaban J connectivity index is 0.00000338. The van der Waals surface area contributed by atoms with E-state index in [1.165, 1.54) is 0 Å². The van der Waals surface area contributed by atoms with Crippen molar-refractivity contribution in [3.8, 4) is 11.5 Å². The molecule has 0 aromatic heterocycles. The summed E-state index contributed by atoms with van der Waals surface area (Å²) in [7, 11) is 0. The van der Waals surface area contributed by atoms with Gasteiger partial charge in [-0.15, -0.1) is 11.5 Å². The van der Waals surface area contributed by atoms with Crippen LogP contribution in [-0.2, 0) is 19.3 Å². The molecule has 0 N–H and O–H groups in total. The van der Waals surface area contributed by atoms with Crippen molar-refractivity contribution in [3.63, 3.8) is 0 Å². The van der Waals surface area contributed by atoms with Crippen molar-refractivity contribution >= 4 is 37.7 Å². The van der Waals surface area contributed by atoms with Crippen LogP contribution in [0.5, 0.6) is 11.5 Å². The van der Waals surface area contributed by atoms with E-state index in [-0.39, 0.29) is 49.2 Å². The summed E-state index contributed by atoms with van der Waals surface area (Å²) in [5.41, 5.74) is 3.27. The summed E-state index contributed by atoms with van der Waals surface area (Å²) >= 11 is 0. The predicted molar refractivity (Wildman–Crippen MR) is 107 cm³/mol. The molecule has 0 radical (unpaired) electrons. The molecule has 0 heterocycles. The number of rotatable bonds is 10. The van der Waals surface area contributed by atoms with Crippen LogP contribution in [0, 0.1) is 0 Å². The maximum Gasteiger partial charge on any atom is 2.00 e. The van der Waals surface area contributed by atoms with Gasteiger partial charge in [-0.25, -0.2) is 0 Å². The van der Waals surface area contributed by atoms with Gasteiger partial charge in [-0.1, -0.05) is 98.2 Å². The van der Waals surface area contributed by atoms with Crippen LogP contribution >= 0.6 is 0 Å². The molecular formula is C23H30CaO2. The molecule has 136 valence electrons. The minimum Gasteiger partial charge on any atom is -0.872 e. The Bertz CT molecular complexity index is 610. The van der Waals surface area contributed by atoms with Crippen LogP contribution in [0.15, 0.2) is 36.4 Å². The van der Waals surface area contributed by atoms with Crippen molar-refractivity contribution in [1.82, 2.24) is 0 Å². The first-order chi connectivity index (χ1) is 12.2. The summed E-state index contributed by atoms with van der Waals surface area (Å²) in [4.78, 5) is 0. The van der Waals surface area contributed by atoms with Crippen molar-refractivity contribution in [2.75, 3.05) is 0 Å². The Kier molecular flexibility index (Phi) is 11.4. The Morgan fingerprint density at radius 3 is 1.38 bits per heavy atom. The number of para-hydroxylation sites is 2. The van der Waals surface area contributed by atoms with Gasteiger partial charge in [0.25, 0.3) is 0 Å². The molecule has 26 heavy (non-hydrogen) atoms. The SMILES string of the molecule is CCCCCc1cccc(Cc2cccc(CCCCC)c2[O-])c1[O-].[Ca+2]. The number of aryl methyl sites for hydroxylation is 2. The van der Waals surface area contributed by atoms with Gasteiger partial charge in [-0.2, -0.15) is 0 Å². The minimum absolute atomic E-state index is 0. The quantitative estimate of drug-likeness (QED) is 0.451. The van der Waals surface area contributed by atoms with E-state index in [2.05, 4.69) is 13.8 Å². The van der Waals surface area contributed by atoms with Crippen molar-refractivity contribution in [2.24, 2.45) is 0 Å². The van der Waals surface area contributed by atoms with Gasteiger partial charge in [-0.05, 0) is 32.1 Å². The van der Waals surface area contributed by atoms with Gasteiger partial charge in [0.05, 0.1) is 0 Å². The molecule has 0 unspecified atom stereocenters. The molecular weight excluding hydrogens is 348 g/mol. The monoisotopic (exact) mass is 378 g/mol. The number of hydrogen-bond acceptors (Lipinski definition) is 2. The average Bonchev–Trinajstić information content (AvgIpc) is 2.61. The van der Waals surface area contributed by atoms with Gasteiger partial charge in [-0.3, -0.25) is 0 Å². The molecule has 0 bridgehead atoms. The second-order valence-electron chi connectivity index (χ2n) is 6.90. The molecule has 0 saturated carbocycles. The number of hydrogen-bond donors (Lipinski definition) is 0. The second kappa shape index (κ2) is 12.6. The van der Waals surface area contributed by atoms with Crippen LogP contribution in [-0.4, -0.2) is 37.7 Å². The normalized spacial score (nSPS) is 10.5. The Morgan fingerprint density at radius 2 is 1.00 bits per heavy atom. The largest absolute Gasteiger partial charge is 2.00 e. The zero-order chi connectivity index (χ0) is 18.1. The fourth-order valence-electron chi connectivity index (χ4n) is 3.28. The molecule has 0 spiro atoms. The summed E-state index contributed by atoms with van der Waals surface area (Å²) in [5.74, 6) is 0.240. The first-order valence-electron chi connectivity index (χ1n) is 9.72. The molecule has 0 fully saturated rings. The van der Waals surface area contributed by atoms with Crippen molar-refractivity contribution in [2.45, 2.75) is 71.6 Å². The summed E-state index contributed by atoms with van der Waals surface area (Å²) in [6, 6.07) is 11.5. The molecule has 2 aromatic rings. The third kappa shape index (κ3) is 6.79. The summed E-state index contributed by atoms with van der Waals surface area (Å²) in [5, 5.41) is 25.3. The third-order valence-electron chi connectivity index (χ3n) is 4.84. The summed E-state index contributed by atoms with van der Waals surface area (Å²) < 4.78 is 0. The van der Waals surface area contributed by atoms with E-state index in [0.717, 1.165) is 73.6 Å². The van der Waals surface area contributed by atoms with Gasteiger partial charge >= 0.3 is 37.7 Å². The number of benzene rings is 2. The summed E-state index contributed by atoms with van der Waals surface area (Å²) in [6.45, 7) is 4.33. The van der Waals surface area contributed by atoms with E-state index < -0.39 is 0 Å². The topological polar surface area (TPSA) is 46.1 Å². The molecule has 0 saturated heterocycles. The first kappa shape index (κ1) is 23.3. The zero-order valence-corrected chi connectivity index (χ0v) is 18.6. The van der Waals surface area contributed by atoms with Gasteiger partial charge in [0, 0.05) is 0 Å². The zero-order valence-electron chi connectivity index (χ0n) is 16.4. The fraction of sp³-hybridized carbons (Fsp3) is 0.478. The average molecular weight is 379 g/mol. The predicted octanol–water partition coefficient (Wildman–Crippen LogP) is 4.51. The van der Waals surface area contributed by atoms with E-state index in [4.69, 9.17) is 0 Å². The number of unbranched alkanes of at least 4 members (excludes halogenated alkanes) is 4. The minimum atomic E-state index is 0. The summed E-state index contributed by atoms with van der Waals surface area (Å²) in [6.07, 6.45) is 8.81. The van der Waals surface area contributed by atoms with Crippen LogP contribution in [0.1, 0.15) is 74.6 Å². The Hall–Kier alpha value is -0.700. The molecule has 0 aliphatic carbocycles. The van der Waals surface area contributed by atoms with Gasteiger partial charge in [0.15, 0.2) is 0 Å². The van der Waals surface area contributed by atoms with Crippen LogP contribution in [0.3, 0.4) is 0 Å². The maximum absolute atomic E-state index is 12.7. The molecule has 2 rings (SSSR count). The van der Waals surface area contributed by atoms with Gasteiger partial charge in [0.1, 0.15) is 0 Å². The van der Waals surface area contributed by atoms with Crippen LogP contribution in [0.2, 0.25) is 0 Å². The van der Waals surface area contributed by atoms with E-state index in [1.807, 2.05) is 36.4 Å². The molecule has 2 aromatic carbocycles. The fourth-order valence-corrected chi connectivity index (χ4v) is 3.28. The van der Waals surface area contributed by atoms with E-state index in [0.29, 0.717) is 6.42 Å². The third-order valence-corrected chi connectivity index (χ3v) is 4.84. The van der Waals surface area contributed by atoms with Gasteiger partial charge < -0.3 is 10.2 Å². The standard InChI is InChI=1S/C23H32O2.Ca/c1-3-5-7-11-18-13-9-15-20(22(18)24)17-21-16-10-14-19(23(21)25)12-8-6-4-2;/h9-10,13-16,24-25H,3-8,11-12,17H2,1-2H3;/q;+2/p-2. The van der Waals surface area contributed by atoms with Crippen molar-refractivity contribution in [1.29, 1.82) is 0 Å². The van der Waals surface area contributed by atoms with Gasteiger partial charge in [0.2, 0.25) is 0 Å². The molecule has 0 amide bonds. The molecule has 0 aliphatic heterocycles. The first-order valence-corrected chi connectivity index (χ1v) is 9.72. The van der Waals surface area contributed by atoms with E-state index in [9.17, 15) is 10.2 Å². The molecule has 2 nitrogen and oxygen atoms in total. The molecule has 0 aliphatic rings. The molecule has 0 atom stereocenters. The van der Waals surface area contributed by atoms with Crippen molar-refractivity contribution < 1.29 is 10.2 Å². The maximum atomic E-state index is 12.7. The van der Waals surface area contributed by atoms with Crippen LogP contribution in [0.4, 0.5) is 0 Å². The Labute approximate surface area is 188 Å².